The largest absolute Gasteiger partial charge is 0.381 e. The molecular formula is C12H14ClN3O3S2. The summed E-state index contributed by atoms with van der Waals surface area (Å²) in [7, 11) is -3.60. The molecule has 21 heavy (non-hydrogen) atoms. The number of anilines is 1. The SMILES string of the molecule is O=S(=O)(Nc1cnn(C2CCOCC2)c1)c1ccc(Cl)s1. The van der Waals surface area contributed by atoms with Crippen molar-refractivity contribution in [3.8, 4) is 0 Å². The van der Waals surface area contributed by atoms with Gasteiger partial charge >= 0.3 is 0 Å². The molecule has 3 heterocycles. The number of hydrogen-bond acceptors (Lipinski definition) is 5. The number of rotatable bonds is 4. The highest BCUT2D eigenvalue weighted by molar-refractivity contribution is 7.94. The molecule has 0 atom stereocenters. The Morgan fingerprint density at radius 3 is 2.81 bits per heavy atom. The Morgan fingerprint density at radius 1 is 1.38 bits per heavy atom. The van der Waals surface area contributed by atoms with Gasteiger partial charge in [-0.1, -0.05) is 11.6 Å². The van der Waals surface area contributed by atoms with Gasteiger partial charge in [-0.2, -0.15) is 5.10 Å². The van der Waals surface area contributed by atoms with Crippen LogP contribution in [0.15, 0.2) is 28.7 Å². The number of aromatic nitrogens is 2. The molecule has 0 radical (unpaired) electrons. The Morgan fingerprint density at radius 2 is 2.14 bits per heavy atom. The van der Waals surface area contributed by atoms with Crippen LogP contribution in [0, 0.1) is 0 Å². The molecule has 0 aliphatic carbocycles. The second kappa shape index (κ2) is 5.96. The Labute approximate surface area is 131 Å². The molecule has 2 aromatic rings. The van der Waals surface area contributed by atoms with Crippen LogP contribution in [-0.2, 0) is 14.8 Å². The number of sulfonamides is 1. The summed E-state index contributed by atoms with van der Waals surface area (Å²) in [6.07, 6.45) is 4.99. The first-order valence-electron chi connectivity index (χ1n) is 6.45. The van der Waals surface area contributed by atoms with Gasteiger partial charge in [0.25, 0.3) is 10.0 Å². The smallest absolute Gasteiger partial charge is 0.271 e. The highest BCUT2D eigenvalue weighted by Crippen LogP contribution is 2.28. The van der Waals surface area contributed by atoms with Crippen LogP contribution in [0.2, 0.25) is 4.34 Å². The van der Waals surface area contributed by atoms with Crippen molar-refractivity contribution in [1.29, 1.82) is 0 Å². The van der Waals surface area contributed by atoms with Crippen molar-refractivity contribution >= 4 is 38.6 Å². The summed E-state index contributed by atoms with van der Waals surface area (Å²) >= 11 is 6.79. The zero-order valence-electron chi connectivity index (χ0n) is 11.0. The minimum atomic E-state index is -3.60. The normalized spacial score (nSPS) is 17.0. The molecule has 0 bridgehead atoms. The number of hydrogen-bond donors (Lipinski definition) is 1. The lowest BCUT2D eigenvalue weighted by Gasteiger charge is -2.22. The van der Waals surface area contributed by atoms with E-state index in [1.54, 1.807) is 16.9 Å². The number of ether oxygens (including phenoxy) is 1. The van der Waals surface area contributed by atoms with Gasteiger partial charge in [-0.05, 0) is 25.0 Å². The van der Waals surface area contributed by atoms with Crippen molar-refractivity contribution in [2.45, 2.75) is 23.1 Å². The average molecular weight is 348 g/mol. The first kappa shape index (κ1) is 14.8. The fourth-order valence-electron chi connectivity index (χ4n) is 2.19. The standard InChI is InChI=1S/C12H14ClN3O3S2/c13-11-1-2-12(20-11)21(17,18)15-9-7-14-16(8-9)10-3-5-19-6-4-10/h1-2,7-8,10,15H,3-6H2. The monoisotopic (exact) mass is 347 g/mol. The molecule has 0 saturated carbocycles. The Bertz CT molecular complexity index is 720. The predicted molar refractivity (Wildman–Crippen MR) is 81.5 cm³/mol. The lowest BCUT2D eigenvalue weighted by molar-refractivity contribution is 0.0662. The third-order valence-corrected chi connectivity index (χ3v) is 6.34. The van der Waals surface area contributed by atoms with Gasteiger partial charge in [-0.15, -0.1) is 11.3 Å². The Hall–Kier alpha value is -1.09. The molecule has 0 aromatic carbocycles. The molecule has 1 saturated heterocycles. The van der Waals surface area contributed by atoms with E-state index >= 15 is 0 Å². The summed E-state index contributed by atoms with van der Waals surface area (Å²) in [4.78, 5) is 0. The molecule has 2 aromatic heterocycles. The average Bonchev–Trinajstić information content (AvgIpc) is 3.09. The van der Waals surface area contributed by atoms with E-state index < -0.39 is 10.0 Å². The van der Waals surface area contributed by atoms with Gasteiger partial charge < -0.3 is 4.74 Å². The van der Waals surface area contributed by atoms with Crippen molar-refractivity contribution in [3.63, 3.8) is 0 Å². The van der Waals surface area contributed by atoms with Crippen LogP contribution in [0.3, 0.4) is 0 Å². The summed E-state index contributed by atoms with van der Waals surface area (Å²) in [5, 5.41) is 4.23. The molecule has 3 rings (SSSR count). The van der Waals surface area contributed by atoms with E-state index in [1.165, 1.54) is 12.3 Å². The number of thiophene rings is 1. The van der Waals surface area contributed by atoms with E-state index in [-0.39, 0.29) is 10.3 Å². The topological polar surface area (TPSA) is 73.2 Å². The van der Waals surface area contributed by atoms with E-state index in [0.717, 1.165) is 24.2 Å². The van der Waals surface area contributed by atoms with Crippen molar-refractivity contribution in [2.75, 3.05) is 17.9 Å². The van der Waals surface area contributed by atoms with E-state index in [9.17, 15) is 8.42 Å². The van der Waals surface area contributed by atoms with Crippen molar-refractivity contribution in [1.82, 2.24) is 9.78 Å². The maximum Gasteiger partial charge on any atom is 0.271 e. The van der Waals surface area contributed by atoms with Crippen LogP contribution >= 0.6 is 22.9 Å². The summed E-state index contributed by atoms with van der Waals surface area (Å²) < 4.78 is 34.6. The van der Waals surface area contributed by atoms with E-state index in [2.05, 4.69) is 9.82 Å². The minimum Gasteiger partial charge on any atom is -0.381 e. The summed E-state index contributed by atoms with van der Waals surface area (Å²) in [6, 6.07) is 3.30. The van der Waals surface area contributed by atoms with Gasteiger partial charge in [-0.3, -0.25) is 9.40 Å². The summed E-state index contributed by atoms with van der Waals surface area (Å²) in [5.74, 6) is 0. The lowest BCUT2D eigenvalue weighted by atomic mass is 10.1. The highest BCUT2D eigenvalue weighted by Gasteiger charge is 2.20. The molecule has 1 N–H and O–H groups in total. The van der Waals surface area contributed by atoms with E-state index in [0.29, 0.717) is 23.2 Å². The molecule has 6 nitrogen and oxygen atoms in total. The van der Waals surface area contributed by atoms with Gasteiger partial charge in [0.2, 0.25) is 0 Å². The summed E-state index contributed by atoms with van der Waals surface area (Å²) in [5.41, 5.74) is 0.450. The fraction of sp³-hybridized carbons (Fsp3) is 0.417. The summed E-state index contributed by atoms with van der Waals surface area (Å²) in [6.45, 7) is 1.42. The van der Waals surface area contributed by atoms with E-state index in [4.69, 9.17) is 16.3 Å². The van der Waals surface area contributed by atoms with Crippen LogP contribution in [0.4, 0.5) is 5.69 Å². The van der Waals surface area contributed by atoms with Crippen molar-refractivity contribution < 1.29 is 13.2 Å². The second-order valence-corrected chi connectivity index (χ2v) is 8.34. The second-order valence-electron chi connectivity index (χ2n) is 4.72. The van der Waals surface area contributed by atoms with Crippen molar-refractivity contribution in [2.24, 2.45) is 0 Å². The van der Waals surface area contributed by atoms with Crippen LogP contribution < -0.4 is 4.72 Å². The third kappa shape index (κ3) is 3.39. The first-order valence-corrected chi connectivity index (χ1v) is 9.12. The predicted octanol–water partition coefficient (Wildman–Crippen LogP) is 2.75. The van der Waals surface area contributed by atoms with Crippen molar-refractivity contribution in [3.05, 3.63) is 28.9 Å². The van der Waals surface area contributed by atoms with Gasteiger partial charge in [0.15, 0.2) is 0 Å². The maximum absolute atomic E-state index is 12.2. The number of nitrogens with one attached hydrogen (secondary N) is 1. The van der Waals surface area contributed by atoms with Crippen LogP contribution in [-0.4, -0.2) is 31.4 Å². The van der Waals surface area contributed by atoms with Crippen LogP contribution in [0.1, 0.15) is 18.9 Å². The third-order valence-electron chi connectivity index (χ3n) is 3.23. The zero-order chi connectivity index (χ0) is 14.9. The van der Waals surface area contributed by atoms with Crippen LogP contribution in [0.25, 0.3) is 0 Å². The van der Waals surface area contributed by atoms with Crippen LogP contribution in [0.5, 0.6) is 0 Å². The molecule has 1 aliphatic heterocycles. The Balaban J connectivity index is 1.74. The van der Waals surface area contributed by atoms with Gasteiger partial charge in [-0.25, -0.2) is 8.42 Å². The molecule has 0 unspecified atom stereocenters. The maximum atomic E-state index is 12.2. The quantitative estimate of drug-likeness (QED) is 0.922. The fourth-order valence-corrected chi connectivity index (χ4v) is 4.70. The zero-order valence-corrected chi connectivity index (χ0v) is 13.4. The highest BCUT2D eigenvalue weighted by atomic mass is 35.5. The minimum absolute atomic E-state index is 0.186. The Kier molecular flexibility index (Phi) is 4.21. The van der Waals surface area contributed by atoms with Gasteiger partial charge in [0.1, 0.15) is 4.21 Å². The molecule has 1 fully saturated rings. The number of nitrogens with zero attached hydrogens (tertiary/aromatic N) is 2. The molecule has 1 aliphatic rings. The van der Waals surface area contributed by atoms with Gasteiger partial charge in [0, 0.05) is 19.4 Å². The molecular weight excluding hydrogens is 334 g/mol. The van der Waals surface area contributed by atoms with E-state index in [1.807, 2.05) is 0 Å². The lowest BCUT2D eigenvalue weighted by Crippen LogP contribution is -2.19. The van der Waals surface area contributed by atoms with Gasteiger partial charge in [0.05, 0.1) is 22.3 Å². The molecule has 114 valence electrons. The first-order chi connectivity index (χ1) is 10.0. The molecule has 0 spiro atoms. The molecule has 9 heteroatoms. The molecule has 0 amide bonds. The number of halogens is 1.